The predicted molar refractivity (Wildman–Crippen MR) is 233 cm³/mol. The summed E-state index contributed by atoms with van der Waals surface area (Å²) in [7, 11) is 0. The number of hydrogen-bond donors (Lipinski definition) is 0. The number of hydrogen-bond acceptors (Lipinski definition) is 5. The number of fused-ring (bicyclic) bond motifs is 5. The first-order valence-corrected chi connectivity index (χ1v) is 19.0. The van der Waals surface area contributed by atoms with Crippen LogP contribution in [0.2, 0.25) is 0 Å². The lowest BCUT2D eigenvalue weighted by Crippen LogP contribution is -2.27. The SMILES string of the molecule is C=c1nc(-c2ccccc2)c2c(oc3c4ccccc4n(-c4cccc(-c5nc(-c6ccccc6)nc(-c6cccc(-c7ccccc7)c6)n5)c4)c32)/c1=C/C=C\C. The van der Waals surface area contributed by atoms with Crippen molar-refractivity contribution in [3.05, 3.63) is 187 Å². The summed E-state index contributed by atoms with van der Waals surface area (Å²) in [5.74, 6) is 1.78. The van der Waals surface area contributed by atoms with Gasteiger partial charge in [-0.15, -0.1) is 0 Å². The molecule has 0 atom stereocenters. The lowest BCUT2D eigenvalue weighted by molar-refractivity contribution is 0.668. The van der Waals surface area contributed by atoms with Gasteiger partial charge in [-0.25, -0.2) is 19.9 Å². The van der Waals surface area contributed by atoms with Gasteiger partial charge in [0, 0.05) is 38.5 Å². The second-order valence-corrected chi connectivity index (χ2v) is 13.9. The molecular weight excluding hydrogens is 699 g/mol. The van der Waals surface area contributed by atoms with Gasteiger partial charge in [-0.2, -0.15) is 0 Å². The first-order valence-electron chi connectivity index (χ1n) is 19.0. The highest BCUT2D eigenvalue weighted by Gasteiger charge is 2.24. The molecule has 4 heterocycles. The number of benzene rings is 6. The number of para-hydroxylation sites is 1. The van der Waals surface area contributed by atoms with Crippen molar-refractivity contribution in [2.75, 3.05) is 0 Å². The lowest BCUT2D eigenvalue weighted by Gasteiger charge is -2.12. The smallest absolute Gasteiger partial charge is 0.164 e. The van der Waals surface area contributed by atoms with E-state index in [4.69, 9.17) is 24.4 Å². The highest BCUT2D eigenvalue weighted by molar-refractivity contribution is 6.19. The molecule has 0 bridgehead atoms. The van der Waals surface area contributed by atoms with Gasteiger partial charge >= 0.3 is 0 Å². The third-order valence-electron chi connectivity index (χ3n) is 10.3. The molecule has 0 aliphatic heterocycles. The van der Waals surface area contributed by atoms with Crippen LogP contribution in [0.25, 0.3) is 108 Å². The molecule has 10 aromatic rings. The van der Waals surface area contributed by atoms with E-state index >= 15 is 0 Å². The number of rotatable bonds is 7. The lowest BCUT2D eigenvalue weighted by atomic mass is 10.0. The first kappa shape index (κ1) is 33.8. The van der Waals surface area contributed by atoms with Crippen LogP contribution in [0.1, 0.15) is 6.92 Å². The summed E-state index contributed by atoms with van der Waals surface area (Å²) in [6, 6.07) is 55.8. The summed E-state index contributed by atoms with van der Waals surface area (Å²) in [4.78, 5) is 20.4. The largest absolute Gasteiger partial charge is 0.453 e. The Labute approximate surface area is 329 Å². The number of nitrogens with zero attached hydrogens (tertiary/aromatic N) is 5. The molecule has 6 heteroatoms. The summed E-state index contributed by atoms with van der Waals surface area (Å²) >= 11 is 0. The van der Waals surface area contributed by atoms with Gasteiger partial charge in [0.2, 0.25) is 0 Å². The van der Waals surface area contributed by atoms with Crippen LogP contribution in [0.15, 0.2) is 180 Å². The molecule has 6 nitrogen and oxygen atoms in total. The van der Waals surface area contributed by atoms with E-state index in [0.29, 0.717) is 22.8 Å². The minimum Gasteiger partial charge on any atom is -0.453 e. The maximum absolute atomic E-state index is 6.93. The Hall–Kier alpha value is -7.70. The number of allylic oxidation sites excluding steroid dienone is 2. The molecule has 0 spiro atoms. The molecular formula is C51H35N5O. The average Bonchev–Trinajstić information content (AvgIpc) is 3.82. The van der Waals surface area contributed by atoms with Crippen molar-refractivity contribution in [2.45, 2.75) is 6.92 Å². The summed E-state index contributed by atoms with van der Waals surface area (Å²) in [6.07, 6.45) is 6.02. The summed E-state index contributed by atoms with van der Waals surface area (Å²) in [5, 5.41) is 3.43. The first-order chi connectivity index (χ1) is 28.1. The summed E-state index contributed by atoms with van der Waals surface area (Å²) in [6.45, 7) is 6.36. The Morgan fingerprint density at radius 2 is 1.09 bits per heavy atom. The minimum atomic E-state index is 0.576. The van der Waals surface area contributed by atoms with Gasteiger partial charge in [0.05, 0.1) is 21.9 Å². The van der Waals surface area contributed by atoms with Crippen LogP contribution in [0, 0.1) is 0 Å². The summed E-state index contributed by atoms with van der Waals surface area (Å²) < 4.78 is 9.20. The van der Waals surface area contributed by atoms with E-state index in [-0.39, 0.29) is 0 Å². The van der Waals surface area contributed by atoms with Crippen LogP contribution in [-0.2, 0) is 0 Å². The van der Waals surface area contributed by atoms with E-state index in [2.05, 4.69) is 120 Å². The normalized spacial score (nSPS) is 12.1. The van der Waals surface area contributed by atoms with Crippen molar-refractivity contribution in [3.63, 3.8) is 0 Å². The van der Waals surface area contributed by atoms with E-state index in [1.165, 1.54) is 0 Å². The van der Waals surface area contributed by atoms with Crippen molar-refractivity contribution in [1.82, 2.24) is 24.5 Å². The Balaban J connectivity index is 1.22. The van der Waals surface area contributed by atoms with E-state index in [0.717, 1.165) is 83.0 Å². The number of furan rings is 1. The molecule has 6 aromatic carbocycles. The fraction of sp³-hybridized carbons (Fsp3) is 0.0196. The molecule has 0 saturated carbocycles. The third kappa shape index (κ3) is 6.01. The Morgan fingerprint density at radius 1 is 0.526 bits per heavy atom. The van der Waals surface area contributed by atoms with Crippen molar-refractivity contribution in [2.24, 2.45) is 0 Å². The quantitative estimate of drug-likeness (QED) is 0.163. The Morgan fingerprint density at radius 3 is 1.79 bits per heavy atom. The molecule has 0 aliphatic rings. The van der Waals surface area contributed by atoms with Crippen LogP contribution in [0.5, 0.6) is 0 Å². The molecule has 0 radical (unpaired) electrons. The molecule has 0 N–H and O–H groups in total. The van der Waals surface area contributed by atoms with Crippen LogP contribution in [0.4, 0.5) is 0 Å². The van der Waals surface area contributed by atoms with Gasteiger partial charge in [-0.1, -0.05) is 152 Å². The fourth-order valence-electron chi connectivity index (χ4n) is 7.63. The maximum Gasteiger partial charge on any atom is 0.164 e. The third-order valence-corrected chi connectivity index (χ3v) is 10.3. The molecule has 4 aromatic heterocycles. The number of pyridine rings is 1. The van der Waals surface area contributed by atoms with Crippen molar-refractivity contribution in [3.8, 4) is 62.2 Å². The van der Waals surface area contributed by atoms with E-state index in [9.17, 15) is 0 Å². The van der Waals surface area contributed by atoms with Gasteiger partial charge in [-0.3, -0.25) is 0 Å². The molecule has 0 fully saturated rings. The van der Waals surface area contributed by atoms with Crippen molar-refractivity contribution in [1.29, 1.82) is 0 Å². The monoisotopic (exact) mass is 733 g/mol. The van der Waals surface area contributed by atoms with Gasteiger partial charge in [0.1, 0.15) is 11.1 Å². The molecule has 10 rings (SSSR count). The topological polar surface area (TPSA) is 69.6 Å². The van der Waals surface area contributed by atoms with Gasteiger partial charge in [-0.05, 0) is 54.5 Å². The molecule has 0 aliphatic carbocycles. The zero-order valence-corrected chi connectivity index (χ0v) is 31.2. The van der Waals surface area contributed by atoms with Gasteiger partial charge < -0.3 is 8.98 Å². The van der Waals surface area contributed by atoms with E-state index in [1.807, 2.05) is 79.7 Å². The highest BCUT2D eigenvalue weighted by Crippen LogP contribution is 2.41. The van der Waals surface area contributed by atoms with Crippen LogP contribution in [-0.4, -0.2) is 24.5 Å². The molecule has 0 saturated heterocycles. The highest BCUT2D eigenvalue weighted by atomic mass is 16.3. The molecule has 0 amide bonds. The Bertz CT molecular complexity index is 3260. The zero-order chi connectivity index (χ0) is 38.3. The van der Waals surface area contributed by atoms with Gasteiger partial charge in [0.15, 0.2) is 23.1 Å². The zero-order valence-electron chi connectivity index (χ0n) is 31.2. The van der Waals surface area contributed by atoms with Crippen molar-refractivity contribution >= 4 is 45.6 Å². The van der Waals surface area contributed by atoms with Crippen molar-refractivity contribution < 1.29 is 4.42 Å². The minimum absolute atomic E-state index is 0.576. The predicted octanol–water partition coefficient (Wildman–Crippen LogP) is 11.2. The standard InChI is InChI=1S/C51H35N5O/c1-3-4-28-41-33(2)52-45(35-20-10-6-11-21-35)44-46-48(57-47(41)44)42-29-14-15-30-43(42)56(46)40-27-17-26-39(32-40)51-54-49(36-22-12-7-13-23-36)53-50(55-51)38-25-16-24-37(31-38)34-18-8-5-9-19-34/h3-32H,2H2,1H3/b4-3-,41-28+. The second kappa shape index (κ2) is 14.2. The van der Waals surface area contributed by atoms with Gasteiger partial charge in [0.25, 0.3) is 0 Å². The molecule has 0 unspecified atom stereocenters. The molecule has 57 heavy (non-hydrogen) atoms. The van der Waals surface area contributed by atoms with Crippen LogP contribution < -0.4 is 10.6 Å². The average molecular weight is 734 g/mol. The number of aromatic nitrogens is 5. The molecule has 270 valence electrons. The Kier molecular flexibility index (Phi) is 8.42. The van der Waals surface area contributed by atoms with Crippen LogP contribution >= 0.6 is 0 Å². The van der Waals surface area contributed by atoms with E-state index < -0.39 is 0 Å². The maximum atomic E-state index is 6.93. The fourth-order valence-corrected chi connectivity index (χ4v) is 7.63. The van der Waals surface area contributed by atoms with E-state index in [1.54, 1.807) is 0 Å². The summed E-state index contributed by atoms with van der Waals surface area (Å²) in [5.41, 5.74) is 11.1. The second-order valence-electron chi connectivity index (χ2n) is 13.9. The van der Waals surface area contributed by atoms with Crippen LogP contribution in [0.3, 0.4) is 0 Å².